The SMILES string of the molecule is N=[N+]=Nc1cc(C(F)(F)F)nc2ccccc12. The lowest BCUT2D eigenvalue weighted by molar-refractivity contribution is -0.140. The zero-order valence-electron chi connectivity index (χ0n) is 8.36. The lowest BCUT2D eigenvalue weighted by Crippen LogP contribution is -2.07. The molecule has 1 N–H and O–H groups in total. The largest absolute Gasteiger partial charge is 0.433 e. The Balaban J connectivity index is 2.80. The van der Waals surface area contributed by atoms with Crippen molar-refractivity contribution < 1.29 is 13.2 Å². The second kappa shape index (κ2) is 3.95. The van der Waals surface area contributed by atoms with Gasteiger partial charge in [0, 0.05) is 11.5 Å². The van der Waals surface area contributed by atoms with Crippen molar-refractivity contribution in [1.29, 1.82) is 5.53 Å². The standard InChI is InChI=1S/C10H6F3N4/c11-10(12,13)9-5-8(16-17-14)6-3-1-2-4-7(6)15-9/h1-5,14H/q+1. The lowest BCUT2D eigenvalue weighted by atomic mass is 10.1. The molecule has 17 heavy (non-hydrogen) atoms. The Morgan fingerprint density at radius 1 is 1.24 bits per heavy atom. The number of fused-ring (bicyclic) bond motifs is 1. The maximum Gasteiger partial charge on any atom is 0.433 e. The molecule has 0 radical (unpaired) electrons. The molecule has 0 spiro atoms. The summed E-state index contributed by atoms with van der Waals surface area (Å²) in [5.41, 5.74) is 5.71. The zero-order valence-corrected chi connectivity index (χ0v) is 8.36. The fourth-order valence-electron chi connectivity index (χ4n) is 1.44. The van der Waals surface area contributed by atoms with Crippen molar-refractivity contribution in [1.82, 2.24) is 9.90 Å². The Morgan fingerprint density at radius 2 is 1.94 bits per heavy atom. The molecule has 0 saturated carbocycles. The Bertz CT molecular complexity index is 614. The van der Waals surface area contributed by atoms with Crippen LogP contribution in [0.15, 0.2) is 35.4 Å². The molecular weight excluding hydrogens is 233 g/mol. The van der Waals surface area contributed by atoms with E-state index in [2.05, 4.69) is 15.0 Å². The number of hydrogen-bond donors (Lipinski definition) is 1. The van der Waals surface area contributed by atoms with Crippen molar-refractivity contribution in [2.45, 2.75) is 6.18 Å². The van der Waals surface area contributed by atoms with Crippen LogP contribution in [0.4, 0.5) is 18.9 Å². The average Bonchev–Trinajstić information content (AvgIpc) is 2.28. The molecule has 7 heteroatoms. The molecule has 0 atom stereocenters. The van der Waals surface area contributed by atoms with Gasteiger partial charge in [-0.2, -0.15) is 13.2 Å². The summed E-state index contributed by atoms with van der Waals surface area (Å²) in [6.45, 7) is 0. The minimum Gasteiger partial charge on any atom is -0.243 e. The van der Waals surface area contributed by atoms with Gasteiger partial charge in [-0.15, -0.1) is 0 Å². The molecule has 0 aliphatic heterocycles. The van der Waals surface area contributed by atoms with E-state index < -0.39 is 11.9 Å². The van der Waals surface area contributed by atoms with Gasteiger partial charge in [-0.25, -0.2) is 4.98 Å². The first-order chi connectivity index (χ1) is 8.02. The summed E-state index contributed by atoms with van der Waals surface area (Å²) < 4.78 is 37.7. The number of nitrogens with one attached hydrogen (secondary N) is 1. The highest BCUT2D eigenvalue weighted by molar-refractivity contribution is 5.89. The van der Waals surface area contributed by atoms with Crippen molar-refractivity contribution in [2.24, 2.45) is 5.11 Å². The first kappa shape index (κ1) is 11.2. The van der Waals surface area contributed by atoms with Crippen molar-refractivity contribution in [3.8, 4) is 0 Å². The highest BCUT2D eigenvalue weighted by Gasteiger charge is 2.33. The first-order valence-corrected chi connectivity index (χ1v) is 4.57. The number of rotatable bonds is 1. The quantitative estimate of drug-likeness (QED) is 0.601. The third-order valence-electron chi connectivity index (χ3n) is 2.14. The molecule has 1 heterocycles. The molecule has 2 rings (SSSR count). The van der Waals surface area contributed by atoms with E-state index in [1.807, 2.05) is 0 Å². The van der Waals surface area contributed by atoms with Gasteiger partial charge >= 0.3 is 6.18 Å². The van der Waals surface area contributed by atoms with Crippen LogP contribution < -0.4 is 4.91 Å². The summed E-state index contributed by atoms with van der Waals surface area (Å²) in [5, 5.41) is 3.79. The molecule has 4 nitrogen and oxygen atoms in total. The molecule has 1 aromatic carbocycles. The van der Waals surface area contributed by atoms with E-state index >= 15 is 0 Å². The van der Waals surface area contributed by atoms with Crippen LogP contribution in [0.3, 0.4) is 0 Å². The molecule has 0 bridgehead atoms. The fourth-order valence-corrected chi connectivity index (χ4v) is 1.44. The summed E-state index contributed by atoms with van der Waals surface area (Å²) >= 11 is 0. The number of halogens is 3. The molecule has 0 saturated heterocycles. The molecule has 0 unspecified atom stereocenters. The molecule has 0 aliphatic carbocycles. The van der Waals surface area contributed by atoms with E-state index in [-0.39, 0.29) is 11.2 Å². The number of para-hydroxylation sites is 1. The van der Waals surface area contributed by atoms with Gasteiger partial charge in [0.05, 0.1) is 5.52 Å². The molecule has 86 valence electrons. The highest BCUT2D eigenvalue weighted by atomic mass is 19.4. The van der Waals surface area contributed by atoms with E-state index in [4.69, 9.17) is 5.53 Å². The molecule has 0 amide bonds. The predicted octanol–water partition coefficient (Wildman–Crippen LogP) is 3.44. The Hall–Kier alpha value is -2.27. The summed E-state index contributed by atoms with van der Waals surface area (Å²) in [6.07, 6.45) is -4.55. The third kappa shape index (κ3) is 2.14. The fraction of sp³-hybridized carbons (Fsp3) is 0.100. The van der Waals surface area contributed by atoms with E-state index in [9.17, 15) is 13.2 Å². The summed E-state index contributed by atoms with van der Waals surface area (Å²) in [4.78, 5) is 6.26. The van der Waals surface area contributed by atoms with Gasteiger partial charge in [-0.05, 0) is 6.07 Å². The second-order valence-corrected chi connectivity index (χ2v) is 3.24. The van der Waals surface area contributed by atoms with Crippen molar-refractivity contribution in [3.63, 3.8) is 0 Å². The number of nitrogens with zero attached hydrogens (tertiary/aromatic N) is 3. The predicted molar refractivity (Wildman–Crippen MR) is 53.7 cm³/mol. The van der Waals surface area contributed by atoms with Gasteiger partial charge in [-0.3, -0.25) is 0 Å². The third-order valence-corrected chi connectivity index (χ3v) is 2.14. The van der Waals surface area contributed by atoms with Crippen LogP contribution in [0.5, 0.6) is 0 Å². The maximum atomic E-state index is 12.6. The number of benzene rings is 1. The molecule has 0 fully saturated rings. The molecule has 2 aromatic rings. The summed E-state index contributed by atoms with van der Waals surface area (Å²) in [5.74, 6) is 0. The van der Waals surface area contributed by atoms with Gasteiger partial charge in [0.2, 0.25) is 4.91 Å². The van der Waals surface area contributed by atoms with E-state index in [0.717, 1.165) is 6.07 Å². The number of aromatic nitrogens is 1. The number of hydrogen-bond acceptors (Lipinski definition) is 3. The minimum absolute atomic E-state index is 0.0158. The van der Waals surface area contributed by atoms with E-state index in [1.165, 1.54) is 6.07 Å². The van der Waals surface area contributed by atoms with Gasteiger partial charge in [0.15, 0.2) is 10.8 Å². The monoisotopic (exact) mass is 239 g/mol. The minimum atomic E-state index is -4.55. The van der Waals surface area contributed by atoms with Crippen LogP contribution in [-0.4, -0.2) is 4.98 Å². The van der Waals surface area contributed by atoms with Crippen LogP contribution in [0.2, 0.25) is 0 Å². The van der Waals surface area contributed by atoms with Gasteiger partial charge in [-0.1, -0.05) is 18.2 Å². The maximum absolute atomic E-state index is 12.6. The van der Waals surface area contributed by atoms with E-state index in [1.54, 1.807) is 18.2 Å². The smallest absolute Gasteiger partial charge is 0.243 e. The lowest BCUT2D eigenvalue weighted by Gasteiger charge is -2.06. The van der Waals surface area contributed by atoms with Crippen molar-refractivity contribution in [2.75, 3.05) is 0 Å². The van der Waals surface area contributed by atoms with Crippen LogP contribution in [0, 0.1) is 5.53 Å². The van der Waals surface area contributed by atoms with E-state index in [0.29, 0.717) is 5.39 Å². The number of alkyl halides is 3. The number of pyridine rings is 1. The highest BCUT2D eigenvalue weighted by Crippen LogP contribution is 2.33. The Kier molecular flexibility index (Phi) is 2.61. The topological polar surface area (TPSA) is 63.2 Å². The van der Waals surface area contributed by atoms with Crippen molar-refractivity contribution in [3.05, 3.63) is 36.0 Å². The average molecular weight is 239 g/mol. The van der Waals surface area contributed by atoms with Crippen molar-refractivity contribution >= 4 is 16.6 Å². The summed E-state index contributed by atoms with van der Waals surface area (Å²) in [6, 6.07) is 7.04. The molecular formula is C10H6F3N4+. The van der Waals surface area contributed by atoms with Crippen LogP contribution in [-0.2, 0) is 6.18 Å². The van der Waals surface area contributed by atoms with Gasteiger partial charge in [0.1, 0.15) is 11.2 Å². The zero-order chi connectivity index (χ0) is 12.5. The van der Waals surface area contributed by atoms with Crippen LogP contribution in [0.1, 0.15) is 5.69 Å². The normalized spacial score (nSPS) is 11.2. The van der Waals surface area contributed by atoms with Crippen LogP contribution >= 0.6 is 0 Å². The summed E-state index contributed by atoms with van der Waals surface area (Å²) in [7, 11) is 0. The second-order valence-electron chi connectivity index (χ2n) is 3.24. The molecule has 1 aromatic heterocycles. The first-order valence-electron chi connectivity index (χ1n) is 4.57. The van der Waals surface area contributed by atoms with Gasteiger partial charge in [0.25, 0.3) is 0 Å². The Morgan fingerprint density at radius 3 is 2.59 bits per heavy atom. The molecule has 0 aliphatic rings. The Labute approximate surface area is 93.3 Å². The van der Waals surface area contributed by atoms with Gasteiger partial charge < -0.3 is 0 Å². The van der Waals surface area contributed by atoms with Crippen LogP contribution in [0.25, 0.3) is 10.9 Å².